The van der Waals surface area contributed by atoms with Crippen LogP contribution in [0.15, 0.2) is 34.0 Å². The summed E-state index contributed by atoms with van der Waals surface area (Å²) in [5.74, 6) is 0.461. The van der Waals surface area contributed by atoms with Gasteiger partial charge in [0.2, 0.25) is 0 Å². The Labute approximate surface area is 114 Å². The Bertz CT molecular complexity index is 703. The van der Waals surface area contributed by atoms with Crippen molar-refractivity contribution in [2.75, 3.05) is 5.32 Å². The van der Waals surface area contributed by atoms with Crippen LogP contribution in [0.25, 0.3) is 0 Å². The summed E-state index contributed by atoms with van der Waals surface area (Å²) in [4.78, 5) is 27.2. The zero-order valence-corrected chi connectivity index (χ0v) is 11.3. The van der Waals surface area contributed by atoms with Crippen LogP contribution >= 0.6 is 11.6 Å². The fraction of sp³-hybridized carbons (Fsp3) is 0.250. The molecule has 0 aromatic carbocycles. The summed E-state index contributed by atoms with van der Waals surface area (Å²) in [6.45, 7) is 0.449. The molecule has 0 amide bonds. The Kier molecular flexibility index (Phi) is 3.71. The van der Waals surface area contributed by atoms with Crippen molar-refractivity contribution < 1.29 is 0 Å². The van der Waals surface area contributed by atoms with Crippen molar-refractivity contribution >= 4 is 17.4 Å². The zero-order chi connectivity index (χ0) is 14.0. The summed E-state index contributed by atoms with van der Waals surface area (Å²) in [7, 11) is 3.04. The lowest BCUT2D eigenvalue weighted by Crippen LogP contribution is -2.37. The maximum Gasteiger partial charge on any atom is 0.332 e. The maximum atomic E-state index is 11.7. The standard InChI is InChI=1S/C12H13ClN4O2/c1-16-10(5-11(18)17(2)12(16)19)15-7-8-3-4-9(13)14-6-8/h3-6,15H,7H2,1-2H3. The smallest absolute Gasteiger partial charge is 0.332 e. The van der Waals surface area contributed by atoms with E-state index in [1.807, 2.05) is 6.07 Å². The Balaban J connectivity index is 2.23. The molecular formula is C12H13ClN4O2. The van der Waals surface area contributed by atoms with E-state index in [0.29, 0.717) is 17.5 Å². The van der Waals surface area contributed by atoms with Crippen LogP contribution in [0.5, 0.6) is 0 Å². The van der Waals surface area contributed by atoms with Crippen molar-refractivity contribution in [3.8, 4) is 0 Å². The van der Waals surface area contributed by atoms with E-state index < -0.39 is 0 Å². The van der Waals surface area contributed by atoms with Gasteiger partial charge < -0.3 is 5.32 Å². The molecule has 2 rings (SSSR count). The monoisotopic (exact) mass is 280 g/mol. The van der Waals surface area contributed by atoms with E-state index in [1.54, 1.807) is 19.3 Å². The molecule has 0 aliphatic rings. The minimum absolute atomic E-state index is 0.347. The van der Waals surface area contributed by atoms with Crippen molar-refractivity contribution in [3.63, 3.8) is 0 Å². The predicted molar refractivity (Wildman–Crippen MR) is 73.5 cm³/mol. The number of hydrogen-bond donors (Lipinski definition) is 1. The fourth-order valence-electron chi connectivity index (χ4n) is 1.61. The number of anilines is 1. The van der Waals surface area contributed by atoms with Crippen molar-refractivity contribution in [1.82, 2.24) is 14.1 Å². The van der Waals surface area contributed by atoms with Crippen LogP contribution < -0.4 is 16.6 Å². The SMILES string of the molecule is Cn1c(NCc2ccc(Cl)nc2)cc(=O)n(C)c1=O. The molecule has 6 nitrogen and oxygen atoms in total. The molecule has 0 unspecified atom stereocenters. The highest BCUT2D eigenvalue weighted by Crippen LogP contribution is 2.07. The lowest BCUT2D eigenvalue weighted by atomic mass is 10.3. The van der Waals surface area contributed by atoms with E-state index in [-0.39, 0.29) is 11.2 Å². The third-order valence-electron chi connectivity index (χ3n) is 2.79. The molecule has 7 heteroatoms. The van der Waals surface area contributed by atoms with E-state index >= 15 is 0 Å². The van der Waals surface area contributed by atoms with E-state index in [9.17, 15) is 9.59 Å². The molecular weight excluding hydrogens is 268 g/mol. The van der Waals surface area contributed by atoms with Gasteiger partial charge in [-0.05, 0) is 11.6 Å². The normalized spacial score (nSPS) is 10.5. The molecule has 0 aliphatic heterocycles. The minimum Gasteiger partial charge on any atom is -0.367 e. The summed E-state index contributed by atoms with van der Waals surface area (Å²) < 4.78 is 2.43. The Morgan fingerprint density at radius 2 is 2.00 bits per heavy atom. The molecule has 0 saturated heterocycles. The highest BCUT2D eigenvalue weighted by molar-refractivity contribution is 6.29. The first-order valence-corrected chi connectivity index (χ1v) is 5.98. The molecule has 19 heavy (non-hydrogen) atoms. The van der Waals surface area contributed by atoms with Gasteiger partial charge in [0, 0.05) is 32.9 Å². The Hall–Kier alpha value is -2.08. The van der Waals surface area contributed by atoms with Crippen LogP contribution in [0.1, 0.15) is 5.56 Å². The van der Waals surface area contributed by atoms with Gasteiger partial charge in [-0.25, -0.2) is 9.78 Å². The average molecular weight is 281 g/mol. The first-order valence-electron chi connectivity index (χ1n) is 5.60. The Morgan fingerprint density at radius 1 is 1.26 bits per heavy atom. The number of pyridine rings is 1. The molecule has 2 aromatic rings. The minimum atomic E-state index is -0.371. The third-order valence-corrected chi connectivity index (χ3v) is 3.01. The summed E-state index contributed by atoms with van der Waals surface area (Å²) >= 11 is 5.69. The van der Waals surface area contributed by atoms with Crippen LogP contribution in [-0.4, -0.2) is 14.1 Å². The van der Waals surface area contributed by atoms with E-state index in [0.717, 1.165) is 10.1 Å². The van der Waals surface area contributed by atoms with E-state index in [2.05, 4.69) is 10.3 Å². The van der Waals surface area contributed by atoms with Gasteiger partial charge in [0.1, 0.15) is 11.0 Å². The maximum absolute atomic E-state index is 11.7. The second-order valence-corrected chi connectivity index (χ2v) is 4.50. The van der Waals surface area contributed by atoms with Gasteiger partial charge in [-0.15, -0.1) is 0 Å². The van der Waals surface area contributed by atoms with Gasteiger partial charge in [0.05, 0.1) is 0 Å². The second-order valence-electron chi connectivity index (χ2n) is 4.11. The summed E-state index contributed by atoms with van der Waals surface area (Å²) in [6.07, 6.45) is 1.63. The van der Waals surface area contributed by atoms with Crippen molar-refractivity contribution in [3.05, 3.63) is 56.0 Å². The first kappa shape index (κ1) is 13.4. The summed E-state index contributed by atoms with van der Waals surface area (Å²) in [5, 5.41) is 3.45. The molecule has 0 spiro atoms. The van der Waals surface area contributed by atoms with Crippen LogP contribution in [0.2, 0.25) is 5.15 Å². The number of nitrogens with zero attached hydrogens (tertiary/aromatic N) is 3. The molecule has 0 atom stereocenters. The summed E-state index contributed by atoms with van der Waals surface area (Å²) in [5.41, 5.74) is 0.182. The van der Waals surface area contributed by atoms with Crippen LogP contribution in [-0.2, 0) is 20.6 Å². The van der Waals surface area contributed by atoms with Crippen molar-refractivity contribution in [1.29, 1.82) is 0 Å². The zero-order valence-electron chi connectivity index (χ0n) is 10.6. The average Bonchev–Trinajstić information content (AvgIpc) is 2.41. The fourth-order valence-corrected chi connectivity index (χ4v) is 1.72. The van der Waals surface area contributed by atoms with Crippen LogP contribution in [0.3, 0.4) is 0 Å². The molecule has 0 bridgehead atoms. The quantitative estimate of drug-likeness (QED) is 0.842. The topological polar surface area (TPSA) is 68.9 Å². The van der Waals surface area contributed by atoms with E-state index in [1.165, 1.54) is 17.7 Å². The first-order chi connectivity index (χ1) is 8.99. The number of halogens is 1. The molecule has 0 saturated carbocycles. The van der Waals surface area contributed by atoms with Gasteiger partial charge >= 0.3 is 5.69 Å². The molecule has 2 aromatic heterocycles. The lowest BCUT2D eigenvalue weighted by molar-refractivity contribution is 0.688. The molecule has 0 fully saturated rings. The highest BCUT2D eigenvalue weighted by Gasteiger charge is 2.05. The molecule has 0 radical (unpaired) electrons. The summed E-state index contributed by atoms with van der Waals surface area (Å²) in [6, 6.07) is 4.88. The van der Waals surface area contributed by atoms with Crippen LogP contribution in [0.4, 0.5) is 5.82 Å². The van der Waals surface area contributed by atoms with Gasteiger partial charge in [0.15, 0.2) is 0 Å². The largest absolute Gasteiger partial charge is 0.367 e. The molecule has 0 aliphatic carbocycles. The van der Waals surface area contributed by atoms with Crippen LogP contribution in [0, 0.1) is 0 Å². The number of rotatable bonds is 3. The molecule has 100 valence electrons. The number of aromatic nitrogens is 3. The number of nitrogens with one attached hydrogen (secondary N) is 1. The van der Waals surface area contributed by atoms with Crippen molar-refractivity contribution in [2.45, 2.75) is 6.54 Å². The lowest BCUT2D eigenvalue weighted by Gasteiger charge is -2.11. The van der Waals surface area contributed by atoms with Gasteiger partial charge in [0.25, 0.3) is 5.56 Å². The third kappa shape index (κ3) is 2.85. The van der Waals surface area contributed by atoms with Gasteiger partial charge in [-0.2, -0.15) is 0 Å². The number of hydrogen-bond acceptors (Lipinski definition) is 4. The van der Waals surface area contributed by atoms with Gasteiger partial charge in [-0.3, -0.25) is 13.9 Å². The van der Waals surface area contributed by atoms with Crippen molar-refractivity contribution in [2.24, 2.45) is 14.1 Å². The van der Waals surface area contributed by atoms with Gasteiger partial charge in [-0.1, -0.05) is 17.7 Å². The predicted octanol–water partition coefficient (Wildman–Crippen LogP) is 0.744. The molecule has 2 heterocycles. The Morgan fingerprint density at radius 3 is 2.63 bits per heavy atom. The molecule has 1 N–H and O–H groups in total. The highest BCUT2D eigenvalue weighted by atomic mass is 35.5. The van der Waals surface area contributed by atoms with E-state index in [4.69, 9.17) is 11.6 Å². The second kappa shape index (κ2) is 5.27.